The summed E-state index contributed by atoms with van der Waals surface area (Å²) < 4.78 is 16.4. The van der Waals surface area contributed by atoms with Crippen molar-refractivity contribution >= 4 is 12.1 Å². The van der Waals surface area contributed by atoms with Crippen LogP contribution in [-0.4, -0.2) is 36.5 Å². The highest BCUT2D eigenvalue weighted by atomic mass is 16.6. The Bertz CT molecular complexity index is 791. The maximum Gasteiger partial charge on any atom is 0.284 e. The zero-order valence-corrected chi connectivity index (χ0v) is 13.6. The van der Waals surface area contributed by atoms with Crippen LogP contribution in [0, 0.1) is 0 Å². The first kappa shape index (κ1) is 16.6. The molecule has 0 saturated carbocycles. The molecule has 0 radical (unpaired) electrons. The number of phenols is 1. The average molecular weight is 342 g/mol. The molecular weight excluding hydrogens is 324 g/mol. The molecule has 1 amide bonds. The van der Waals surface area contributed by atoms with E-state index in [1.807, 2.05) is 13.0 Å². The zero-order valence-electron chi connectivity index (χ0n) is 13.6. The summed E-state index contributed by atoms with van der Waals surface area (Å²) in [5.41, 5.74) is 2.81. The van der Waals surface area contributed by atoms with Crippen molar-refractivity contribution < 1.29 is 24.1 Å². The van der Waals surface area contributed by atoms with Gasteiger partial charge in [-0.3, -0.25) is 4.79 Å². The van der Waals surface area contributed by atoms with Crippen LogP contribution < -0.4 is 19.6 Å². The summed E-state index contributed by atoms with van der Waals surface area (Å²) in [5.74, 6) is 1.01. The van der Waals surface area contributed by atoms with Crippen LogP contribution >= 0.6 is 0 Å². The number of benzene rings is 2. The number of para-hydroxylation sites is 3. The summed E-state index contributed by atoms with van der Waals surface area (Å²) in [6.07, 6.45) is 0.545. The Balaban J connectivity index is 1.61. The molecule has 2 aromatic rings. The largest absolute Gasteiger partial charge is 0.504 e. The molecule has 0 aromatic heterocycles. The normalized spacial score (nSPS) is 15.8. The van der Waals surface area contributed by atoms with Crippen molar-refractivity contribution in [3.8, 4) is 23.0 Å². The summed E-state index contributed by atoms with van der Waals surface area (Å²) in [4.78, 5) is 12.1. The Hall–Kier alpha value is -3.22. The van der Waals surface area contributed by atoms with E-state index in [0.717, 1.165) is 0 Å². The second kappa shape index (κ2) is 7.57. The molecule has 3 rings (SSSR count). The third-order valence-corrected chi connectivity index (χ3v) is 3.51. The summed E-state index contributed by atoms with van der Waals surface area (Å²) in [7, 11) is 0. The molecule has 25 heavy (non-hydrogen) atoms. The minimum atomic E-state index is -0.796. The van der Waals surface area contributed by atoms with E-state index >= 15 is 0 Å². The maximum atomic E-state index is 12.1. The summed E-state index contributed by atoms with van der Waals surface area (Å²) in [6, 6.07) is 12.2. The Labute approximate surface area is 144 Å². The quantitative estimate of drug-likeness (QED) is 0.641. The number of carbonyl (C=O) groups excluding carboxylic acids is 1. The Kier molecular flexibility index (Phi) is 5.03. The van der Waals surface area contributed by atoms with Crippen molar-refractivity contribution in [3.05, 3.63) is 48.0 Å². The first-order valence-electron chi connectivity index (χ1n) is 7.85. The molecule has 1 heterocycles. The molecule has 2 N–H and O–H groups in total. The van der Waals surface area contributed by atoms with Gasteiger partial charge in [0.05, 0.1) is 12.8 Å². The third kappa shape index (κ3) is 3.82. The number of nitrogens with one attached hydrogen (secondary N) is 1. The van der Waals surface area contributed by atoms with Gasteiger partial charge < -0.3 is 19.3 Å². The van der Waals surface area contributed by atoms with E-state index in [9.17, 15) is 9.90 Å². The lowest BCUT2D eigenvalue weighted by atomic mass is 10.2. The van der Waals surface area contributed by atoms with Crippen molar-refractivity contribution in [1.29, 1.82) is 0 Å². The fourth-order valence-corrected chi connectivity index (χ4v) is 2.30. The highest BCUT2D eigenvalue weighted by Crippen LogP contribution is 2.31. The number of hydrogen-bond acceptors (Lipinski definition) is 6. The van der Waals surface area contributed by atoms with E-state index in [2.05, 4.69) is 10.5 Å². The minimum absolute atomic E-state index is 0.0338. The fourth-order valence-electron chi connectivity index (χ4n) is 2.30. The SMILES string of the molecule is CCOc1cccc(/C=N/NC(=O)[C@H]2COc3ccccc3O2)c1O. The van der Waals surface area contributed by atoms with Gasteiger partial charge in [-0.25, -0.2) is 5.43 Å². The predicted molar refractivity (Wildman–Crippen MR) is 91.4 cm³/mol. The number of ether oxygens (including phenoxy) is 3. The molecule has 0 unspecified atom stereocenters. The van der Waals surface area contributed by atoms with Gasteiger partial charge in [0.15, 0.2) is 23.0 Å². The van der Waals surface area contributed by atoms with Crippen molar-refractivity contribution in [2.45, 2.75) is 13.0 Å². The van der Waals surface area contributed by atoms with Crippen molar-refractivity contribution in [2.24, 2.45) is 5.10 Å². The van der Waals surface area contributed by atoms with Crippen LogP contribution in [0.4, 0.5) is 0 Å². The molecule has 0 spiro atoms. The van der Waals surface area contributed by atoms with E-state index in [1.165, 1.54) is 6.21 Å². The van der Waals surface area contributed by atoms with Gasteiger partial charge in [0.1, 0.15) is 6.61 Å². The standard InChI is InChI=1S/C18H18N2O5/c1-2-23-15-9-5-6-12(17(15)21)10-19-20-18(22)16-11-24-13-7-3-4-8-14(13)25-16/h3-10,16,21H,2,11H2,1H3,(H,20,22)/b19-10+/t16-/m1/s1. The molecule has 0 fully saturated rings. The predicted octanol–water partition coefficient (Wildman–Crippen LogP) is 2.08. The molecule has 1 atom stereocenters. The lowest BCUT2D eigenvalue weighted by Crippen LogP contribution is -2.42. The number of hydrazone groups is 1. The number of rotatable bonds is 5. The second-order valence-electron chi connectivity index (χ2n) is 5.23. The fraction of sp³-hybridized carbons (Fsp3) is 0.222. The van der Waals surface area contributed by atoms with Gasteiger partial charge >= 0.3 is 0 Å². The summed E-state index contributed by atoms with van der Waals surface area (Å²) in [5, 5.41) is 13.9. The van der Waals surface area contributed by atoms with Gasteiger partial charge in [-0.2, -0.15) is 5.10 Å². The van der Waals surface area contributed by atoms with Crippen molar-refractivity contribution in [1.82, 2.24) is 5.43 Å². The summed E-state index contributed by atoms with van der Waals surface area (Å²) in [6.45, 7) is 2.36. The third-order valence-electron chi connectivity index (χ3n) is 3.51. The molecule has 1 aliphatic rings. The minimum Gasteiger partial charge on any atom is -0.504 e. The number of fused-ring (bicyclic) bond motifs is 1. The monoisotopic (exact) mass is 342 g/mol. The molecule has 130 valence electrons. The highest BCUT2D eigenvalue weighted by molar-refractivity contribution is 5.87. The Morgan fingerprint density at radius 1 is 1.32 bits per heavy atom. The van der Waals surface area contributed by atoms with Crippen LogP contribution in [-0.2, 0) is 4.79 Å². The first-order chi connectivity index (χ1) is 12.2. The zero-order chi connectivity index (χ0) is 17.6. The van der Waals surface area contributed by atoms with Crippen LogP contribution in [0.2, 0.25) is 0 Å². The Morgan fingerprint density at radius 2 is 2.12 bits per heavy atom. The van der Waals surface area contributed by atoms with Crippen molar-refractivity contribution in [3.63, 3.8) is 0 Å². The second-order valence-corrected chi connectivity index (χ2v) is 5.23. The van der Waals surface area contributed by atoms with Gasteiger partial charge in [-0.15, -0.1) is 0 Å². The summed E-state index contributed by atoms with van der Waals surface area (Å²) >= 11 is 0. The van der Waals surface area contributed by atoms with Crippen LogP contribution in [0.25, 0.3) is 0 Å². The van der Waals surface area contributed by atoms with Gasteiger partial charge in [-0.05, 0) is 31.2 Å². The van der Waals surface area contributed by atoms with Crippen LogP contribution in [0.15, 0.2) is 47.6 Å². The number of amides is 1. The van der Waals surface area contributed by atoms with Crippen LogP contribution in [0.5, 0.6) is 23.0 Å². The van der Waals surface area contributed by atoms with Gasteiger partial charge in [0, 0.05) is 5.56 Å². The first-order valence-corrected chi connectivity index (χ1v) is 7.85. The molecule has 0 saturated heterocycles. The van der Waals surface area contributed by atoms with Gasteiger partial charge in [0.25, 0.3) is 5.91 Å². The lowest BCUT2D eigenvalue weighted by Gasteiger charge is -2.24. The van der Waals surface area contributed by atoms with Gasteiger partial charge in [-0.1, -0.05) is 18.2 Å². The number of phenolic OH excluding ortho intramolecular Hbond substituents is 1. The van der Waals surface area contributed by atoms with Crippen molar-refractivity contribution in [2.75, 3.05) is 13.2 Å². The molecule has 1 aliphatic heterocycles. The smallest absolute Gasteiger partial charge is 0.284 e. The highest BCUT2D eigenvalue weighted by Gasteiger charge is 2.27. The number of hydrogen-bond donors (Lipinski definition) is 2. The molecule has 2 aromatic carbocycles. The maximum absolute atomic E-state index is 12.1. The molecule has 0 bridgehead atoms. The Morgan fingerprint density at radius 3 is 2.92 bits per heavy atom. The van der Waals surface area contributed by atoms with Gasteiger partial charge in [0.2, 0.25) is 6.10 Å². The number of carbonyl (C=O) groups is 1. The molecule has 7 heteroatoms. The average Bonchev–Trinajstić information content (AvgIpc) is 2.64. The van der Waals surface area contributed by atoms with E-state index in [0.29, 0.717) is 29.4 Å². The molecule has 0 aliphatic carbocycles. The molecular formula is C18H18N2O5. The topological polar surface area (TPSA) is 89.4 Å². The lowest BCUT2D eigenvalue weighted by molar-refractivity contribution is -0.130. The molecule has 7 nitrogen and oxygen atoms in total. The number of nitrogens with zero attached hydrogens (tertiary/aromatic N) is 1. The van der Waals surface area contributed by atoms with E-state index < -0.39 is 12.0 Å². The number of aromatic hydroxyl groups is 1. The van der Waals surface area contributed by atoms with Crippen LogP contribution in [0.1, 0.15) is 12.5 Å². The van der Waals surface area contributed by atoms with E-state index in [-0.39, 0.29) is 12.4 Å². The van der Waals surface area contributed by atoms with E-state index in [1.54, 1.807) is 36.4 Å². The van der Waals surface area contributed by atoms with E-state index in [4.69, 9.17) is 14.2 Å². The van der Waals surface area contributed by atoms with Crippen LogP contribution in [0.3, 0.4) is 0 Å².